The third-order valence-corrected chi connectivity index (χ3v) is 12.3. The number of nitrogens with one attached hydrogen (secondary N) is 2. The number of fused-ring (bicyclic) bond motifs is 2. The zero-order valence-electron chi connectivity index (χ0n) is 38.7. The molecule has 0 spiro atoms. The lowest BCUT2D eigenvalue weighted by molar-refractivity contribution is -0.195. The van der Waals surface area contributed by atoms with Crippen molar-refractivity contribution in [1.29, 1.82) is 0 Å². The number of methoxy groups -OCH3 is 2. The summed E-state index contributed by atoms with van der Waals surface area (Å²) >= 11 is 0. The number of anilines is 3. The molecule has 5 aromatic rings. The van der Waals surface area contributed by atoms with Gasteiger partial charge in [0.2, 0.25) is 5.91 Å². The van der Waals surface area contributed by atoms with Crippen LogP contribution in [0.1, 0.15) is 76.3 Å². The minimum absolute atomic E-state index is 0.0437. The molecule has 68 heavy (non-hydrogen) atoms. The third-order valence-electron chi connectivity index (χ3n) is 12.3. The summed E-state index contributed by atoms with van der Waals surface area (Å²) in [6.45, 7) is 4.81. The Labute approximate surface area is 394 Å². The van der Waals surface area contributed by atoms with Crippen LogP contribution in [0.15, 0.2) is 97.8 Å². The van der Waals surface area contributed by atoms with Gasteiger partial charge in [-0.2, -0.15) is 0 Å². The van der Waals surface area contributed by atoms with Crippen LogP contribution in [0.25, 0.3) is 22.3 Å². The van der Waals surface area contributed by atoms with E-state index in [0.717, 1.165) is 41.5 Å². The van der Waals surface area contributed by atoms with Crippen LogP contribution in [0.5, 0.6) is 11.5 Å². The van der Waals surface area contributed by atoms with Gasteiger partial charge in [0.25, 0.3) is 11.8 Å². The van der Waals surface area contributed by atoms with E-state index in [9.17, 15) is 24.0 Å². The Balaban J connectivity index is 0.877. The smallest absolute Gasteiger partial charge is 0.416 e. The Hall–Kier alpha value is -7.37. The number of rotatable bonds is 16. The van der Waals surface area contributed by atoms with Gasteiger partial charge in [-0.3, -0.25) is 14.4 Å². The number of nitrogens with zero attached hydrogens (tertiary/aromatic N) is 4. The van der Waals surface area contributed by atoms with Crippen LogP contribution >= 0.6 is 0 Å². The molecular formula is C51H56N6O11. The summed E-state index contributed by atoms with van der Waals surface area (Å²) in [5, 5.41) is 5.89. The van der Waals surface area contributed by atoms with E-state index >= 15 is 0 Å². The molecule has 3 aromatic carbocycles. The zero-order valence-corrected chi connectivity index (χ0v) is 38.7. The number of aryl methyl sites for hydroxylation is 2. The van der Waals surface area contributed by atoms with E-state index in [1.807, 2.05) is 36.7 Å². The molecule has 2 saturated heterocycles. The molecule has 0 saturated carbocycles. The Morgan fingerprint density at radius 1 is 0.809 bits per heavy atom. The topological polar surface area (TPSA) is 181 Å². The number of benzene rings is 3. The molecule has 2 fully saturated rings. The molecule has 0 bridgehead atoms. The van der Waals surface area contributed by atoms with Crippen LogP contribution in [0, 0.1) is 0 Å². The fraction of sp³-hybridized carbons (Fsp3) is 0.353. The van der Waals surface area contributed by atoms with Gasteiger partial charge in [0, 0.05) is 74.6 Å². The van der Waals surface area contributed by atoms with Crippen LogP contribution < -0.4 is 25.0 Å². The Morgan fingerprint density at radius 2 is 1.49 bits per heavy atom. The molecule has 17 nitrogen and oxygen atoms in total. The van der Waals surface area contributed by atoms with E-state index in [1.165, 1.54) is 25.2 Å². The van der Waals surface area contributed by atoms with E-state index in [1.54, 1.807) is 76.7 Å². The van der Waals surface area contributed by atoms with Gasteiger partial charge < -0.3 is 53.1 Å². The quantitative estimate of drug-likeness (QED) is 0.0554. The van der Waals surface area contributed by atoms with Crippen molar-refractivity contribution >= 4 is 46.8 Å². The van der Waals surface area contributed by atoms with Gasteiger partial charge in [-0.05, 0) is 92.1 Å². The average Bonchev–Trinajstić information content (AvgIpc) is 4.10. The number of carbonyl (C=O) groups excluding carboxylic acids is 5. The first-order valence-electron chi connectivity index (χ1n) is 22.7. The predicted molar refractivity (Wildman–Crippen MR) is 254 cm³/mol. The maximum absolute atomic E-state index is 14.1. The third kappa shape index (κ3) is 10.3. The number of esters is 1. The van der Waals surface area contributed by atoms with Crippen LogP contribution in [-0.4, -0.2) is 103 Å². The maximum atomic E-state index is 14.1. The van der Waals surface area contributed by atoms with Gasteiger partial charge in [0.15, 0.2) is 24.0 Å². The highest BCUT2D eigenvalue weighted by Gasteiger charge is 2.48. The van der Waals surface area contributed by atoms with E-state index in [-0.39, 0.29) is 54.4 Å². The molecule has 2 aromatic heterocycles. The summed E-state index contributed by atoms with van der Waals surface area (Å²) in [5.74, 6) is -0.598. The van der Waals surface area contributed by atoms with Crippen molar-refractivity contribution in [1.82, 2.24) is 14.0 Å². The zero-order chi connectivity index (χ0) is 47.9. The molecule has 356 valence electrons. The number of aromatic nitrogens is 2. The van der Waals surface area contributed by atoms with Crippen molar-refractivity contribution in [3.05, 3.63) is 115 Å². The molecule has 0 radical (unpaired) electrons. The fourth-order valence-corrected chi connectivity index (χ4v) is 8.83. The van der Waals surface area contributed by atoms with E-state index in [2.05, 4.69) is 17.2 Å². The van der Waals surface area contributed by atoms with Crippen molar-refractivity contribution in [3.63, 3.8) is 0 Å². The second kappa shape index (κ2) is 21.1. The molecular weight excluding hydrogens is 873 g/mol. The van der Waals surface area contributed by atoms with Crippen LogP contribution in [0.3, 0.4) is 0 Å². The second-order valence-electron chi connectivity index (χ2n) is 16.8. The summed E-state index contributed by atoms with van der Waals surface area (Å²) < 4.78 is 38.2. The number of carbonyl (C=O) groups is 5. The van der Waals surface area contributed by atoms with Gasteiger partial charge in [-0.15, -0.1) is 0 Å². The molecule has 2 unspecified atom stereocenters. The minimum Gasteiger partial charge on any atom is -0.493 e. The number of hydrogen-bond donors (Lipinski definition) is 2. The second-order valence-corrected chi connectivity index (χ2v) is 16.8. The maximum Gasteiger partial charge on any atom is 0.416 e. The van der Waals surface area contributed by atoms with E-state index in [0.29, 0.717) is 60.9 Å². The van der Waals surface area contributed by atoms with Crippen molar-refractivity contribution in [2.75, 3.05) is 56.1 Å². The number of ether oxygens (including phenoxy) is 6. The van der Waals surface area contributed by atoms with Crippen LogP contribution in [-0.2, 0) is 37.8 Å². The molecule has 3 aliphatic heterocycles. The summed E-state index contributed by atoms with van der Waals surface area (Å²) in [7, 11) is 6.40. The van der Waals surface area contributed by atoms with Gasteiger partial charge in [0.1, 0.15) is 18.0 Å². The Bertz CT molecular complexity index is 2670. The highest BCUT2D eigenvalue weighted by atomic mass is 16.7. The fourth-order valence-electron chi connectivity index (χ4n) is 8.83. The normalized spacial score (nSPS) is 17.6. The van der Waals surface area contributed by atoms with E-state index < -0.39 is 30.6 Å². The summed E-state index contributed by atoms with van der Waals surface area (Å²) in [6, 6.07) is 21.0. The largest absolute Gasteiger partial charge is 0.493 e. The van der Waals surface area contributed by atoms with Crippen LogP contribution in [0.4, 0.5) is 21.9 Å². The van der Waals surface area contributed by atoms with Crippen molar-refractivity contribution in [2.45, 2.75) is 63.5 Å². The lowest BCUT2D eigenvalue weighted by Crippen LogP contribution is -2.54. The molecule has 8 rings (SSSR count). The lowest BCUT2D eigenvalue weighted by Gasteiger charge is -2.38. The Morgan fingerprint density at radius 3 is 2.13 bits per heavy atom. The van der Waals surface area contributed by atoms with Crippen molar-refractivity contribution in [3.8, 4) is 33.8 Å². The predicted octanol–water partition coefficient (Wildman–Crippen LogP) is 8.16. The van der Waals surface area contributed by atoms with E-state index in [4.69, 9.17) is 28.4 Å². The summed E-state index contributed by atoms with van der Waals surface area (Å²) in [5.41, 5.74) is 6.02. The highest BCUT2D eigenvalue weighted by molar-refractivity contribution is 6.06. The molecule has 0 aliphatic carbocycles. The standard InChI is InChI=1S/C51H56N6O11/c1-6-23-67-51(62)57-40-29-44(43(63-4)28-38(40)48(60)56-22-9-11-39(56)49(57)68-46-13-7-8-24-66-46)65-25-10-12-45(58)52-36-18-14-32(15-19-36)34-26-41(54(2)30-34)47(59)53-37-20-16-33(17-21-37)35-27-42(50(61)64-5)55(3)31-35/h6,14-21,26-31,39,46,49H,1,7-13,22-25H2,2-5H3,(H,52,58)(H,53,59)/t39-,46?,49?/m0/s1. The Kier molecular flexibility index (Phi) is 14.6. The van der Waals surface area contributed by atoms with Gasteiger partial charge in [-0.25, -0.2) is 14.5 Å². The summed E-state index contributed by atoms with van der Waals surface area (Å²) in [6.07, 6.45) is 7.40. The first-order chi connectivity index (χ1) is 33.0. The monoisotopic (exact) mass is 928 g/mol. The van der Waals surface area contributed by atoms with Crippen LogP contribution in [0.2, 0.25) is 0 Å². The number of hydrogen-bond acceptors (Lipinski definition) is 11. The highest BCUT2D eigenvalue weighted by Crippen LogP contribution is 2.43. The van der Waals surface area contributed by atoms with Gasteiger partial charge in [-0.1, -0.05) is 36.9 Å². The molecule has 3 atom stereocenters. The van der Waals surface area contributed by atoms with Crippen molar-refractivity contribution in [2.24, 2.45) is 14.1 Å². The minimum atomic E-state index is -0.886. The first kappa shape index (κ1) is 47.1. The lowest BCUT2D eigenvalue weighted by atomic mass is 10.1. The molecule has 2 N–H and O–H groups in total. The average molecular weight is 929 g/mol. The first-order valence-corrected chi connectivity index (χ1v) is 22.7. The molecule has 3 aliphatic rings. The SMILES string of the molecule is C=CCOC(=O)N1c2cc(OCCCC(=O)Nc3ccc(-c4cc(C(=O)Nc5ccc(-c6cc(C(=O)OC)n(C)c6)cc5)n(C)c4)cc3)c(OC)cc2C(=O)N2CCC[C@H]2C1OC1CCCCO1. The van der Waals surface area contributed by atoms with Crippen molar-refractivity contribution < 1.29 is 52.4 Å². The molecule has 5 heterocycles. The van der Waals surface area contributed by atoms with Gasteiger partial charge >= 0.3 is 12.1 Å². The molecule has 17 heteroatoms. The van der Waals surface area contributed by atoms with Gasteiger partial charge in [0.05, 0.1) is 38.1 Å². The summed E-state index contributed by atoms with van der Waals surface area (Å²) in [4.78, 5) is 69.7. The number of amides is 4. The molecule has 4 amide bonds.